The van der Waals surface area contributed by atoms with E-state index in [0.717, 1.165) is 73.0 Å². The first-order valence-corrected chi connectivity index (χ1v) is 11.5. The van der Waals surface area contributed by atoms with Crippen LogP contribution in [-0.4, -0.2) is 37.9 Å². The van der Waals surface area contributed by atoms with Gasteiger partial charge in [-0.2, -0.15) is 5.21 Å². The van der Waals surface area contributed by atoms with E-state index in [0.29, 0.717) is 5.82 Å². The summed E-state index contributed by atoms with van der Waals surface area (Å²) in [6, 6.07) is 16.6. The van der Waals surface area contributed by atoms with E-state index in [1.807, 2.05) is 18.2 Å². The Kier molecular flexibility index (Phi) is 5.55. The molecule has 2 aliphatic rings. The Morgan fingerprint density at radius 2 is 1.88 bits per heavy atom. The Hall–Kier alpha value is -3.35. The maximum atomic E-state index is 12.9. The second-order valence-electron chi connectivity index (χ2n) is 8.79. The minimum atomic E-state index is -0.541. The summed E-state index contributed by atoms with van der Waals surface area (Å²) in [6.45, 7) is 2.19. The number of benzene rings is 2. The van der Waals surface area contributed by atoms with Gasteiger partial charge in [0.05, 0.1) is 0 Å². The first-order valence-electron chi connectivity index (χ1n) is 11.5. The number of tetrazole rings is 1. The number of nitrogens with one attached hydrogen (secondary N) is 2. The third-order valence-corrected chi connectivity index (χ3v) is 6.72. The van der Waals surface area contributed by atoms with Gasteiger partial charge in [-0.25, -0.2) is 0 Å². The molecule has 1 aliphatic heterocycles. The number of hydrogen-bond donors (Lipinski definition) is 2. The highest BCUT2D eigenvalue weighted by Crippen LogP contribution is 2.40. The van der Waals surface area contributed by atoms with Crippen LogP contribution >= 0.6 is 0 Å². The molecule has 1 aliphatic carbocycles. The van der Waals surface area contributed by atoms with Crippen LogP contribution in [0.1, 0.15) is 63.4 Å². The number of H-pyrrole nitrogens is 1. The number of unbranched alkanes of at least 4 members (excludes halogenated alkanes) is 1. The third kappa shape index (κ3) is 3.72. The molecule has 1 aromatic heterocycles. The maximum Gasteiger partial charge on any atom is 0.253 e. The second-order valence-corrected chi connectivity index (χ2v) is 8.79. The molecule has 7 nitrogen and oxygen atoms in total. The number of carbonyl (C=O) groups excluding carboxylic acids is 1. The smallest absolute Gasteiger partial charge is 0.253 e. The van der Waals surface area contributed by atoms with Crippen molar-refractivity contribution in [3.8, 4) is 22.5 Å². The van der Waals surface area contributed by atoms with Crippen LogP contribution in [0.2, 0.25) is 0 Å². The highest BCUT2D eigenvalue weighted by molar-refractivity contribution is 6.10. The molecule has 0 radical (unpaired) electrons. The summed E-state index contributed by atoms with van der Waals surface area (Å²) in [6.07, 6.45) is 6.91. The lowest BCUT2D eigenvalue weighted by Crippen LogP contribution is -2.38. The molecule has 0 bridgehead atoms. The van der Waals surface area contributed by atoms with Crippen molar-refractivity contribution < 1.29 is 4.79 Å². The van der Waals surface area contributed by atoms with Crippen molar-refractivity contribution in [1.82, 2.24) is 25.9 Å². The van der Waals surface area contributed by atoms with Crippen molar-refractivity contribution in [1.29, 1.82) is 0 Å². The summed E-state index contributed by atoms with van der Waals surface area (Å²) < 4.78 is 0. The van der Waals surface area contributed by atoms with Gasteiger partial charge in [0.1, 0.15) is 11.4 Å². The van der Waals surface area contributed by atoms with Gasteiger partial charge in [0.2, 0.25) is 5.82 Å². The van der Waals surface area contributed by atoms with E-state index in [1.165, 1.54) is 0 Å². The van der Waals surface area contributed by atoms with Crippen LogP contribution in [-0.2, 0) is 4.79 Å². The maximum absolute atomic E-state index is 12.9. The monoisotopic (exact) mass is 428 g/mol. The highest BCUT2D eigenvalue weighted by Gasteiger charge is 2.46. The number of amides is 1. The zero-order valence-corrected chi connectivity index (χ0v) is 18.3. The number of nitrogens with zero attached hydrogens (tertiary/aromatic N) is 4. The van der Waals surface area contributed by atoms with Crippen molar-refractivity contribution in [3.05, 3.63) is 54.1 Å². The zero-order chi connectivity index (χ0) is 22.0. The molecular weight excluding hydrogens is 400 g/mol. The Labute approximate surface area is 187 Å². The van der Waals surface area contributed by atoms with Crippen LogP contribution in [0.4, 0.5) is 0 Å². The van der Waals surface area contributed by atoms with Crippen LogP contribution in [0.3, 0.4) is 0 Å². The summed E-state index contributed by atoms with van der Waals surface area (Å²) in [4.78, 5) is 17.9. The van der Waals surface area contributed by atoms with Gasteiger partial charge in [0, 0.05) is 11.5 Å². The summed E-state index contributed by atoms with van der Waals surface area (Å²) in [5.74, 6) is 1.49. The predicted octanol–water partition coefficient (Wildman–Crippen LogP) is 4.65. The van der Waals surface area contributed by atoms with Crippen LogP contribution in [0.25, 0.3) is 22.5 Å². The number of aromatic nitrogens is 4. The summed E-state index contributed by atoms with van der Waals surface area (Å²) in [5.41, 5.74) is 3.65. The molecule has 0 saturated heterocycles. The number of amidine groups is 1. The van der Waals surface area contributed by atoms with Crippen molar-refractivity contribution in [2.24, 2.45) is 4.99 Å². The van der Waals surface area contributed by atoms with E-state index < -0.39 is 5.54 Å². The number of rotatable bonds is 7. The van der Waals surface area contributed by atoms with E-state index in [1.54, 1.807) is 0 Å². The van der Waals surface area contributed by atoms with Gasteiger partial charge in [0.15, 0.2) is 0 Å². The predicted molar refractivity (Wildman–Crippen MR) is 124 cm³/mol. The van der Waals surface area contributed by atoms with Crippen LogP contribution in [0.5, 0.6) is 0 Å². The third-order valence-electron chi connectivity index (χ3n) is 6.72. The van der Waals surface area contributed by atoms with E-state index in [-0.39, 0.29) is 11.8 Å². The first kappa shape index (κ1) is 20.5. The molecule has 1 fully saturated rings. The van der Waals surface area contributed by atoms with E-state index >= 15 is 0 Å². The minimum absolute atomic E-state index is 0.0364. The Morgan fingerprint density at radius 3 is 2.59 bits per heavy atom. The van der Waals surface area contributed by atoms with Crippen molar-refractivity contribution in [3.63, 3.8) is 0 Å². The lowest BCUT2D eigenvalue weighted by atomic mass is 9.88. The van der Waals surface area contributed by atoms with Gasteiger partial charge >= 0.3 is 0 Å². The zero-order valence-electron chi connectivity index (χ0n) is 18.3. The van der Waals surface area contributed by atoms with Crippen LogP contribution in [0, 0.1) is 0 Å². The SMILES string of the molecule is CCCCC(C1=NC2(CCCC2)C(=O)N1)c1ccc(-c2ccccc2)c(-c2nn[nH]n2)c1. The Balaban J connectivity index is 1.58. The lowest BCUT2D eigenvalue weighted by Gasteiger charge is -2.19. The Bertz CT molecular complexity index is 1120. The molecule has 2 aromatic carbocycles. The Morgan fingerprint density at radius 1 is 1.06 bits per heavy atom. The number of aromatic amines is 1. The molecule has 2 N–H and O–H groups in total. The highest BCUT2D eigenvalue weighted by atomic mass is 16.2. The molecule has 1 unspecified atom stereocenters. The fourth-order valence-corrected chi connectivity index (χ4v) is 4.98. The summed E-state index contributed by atoms with van der Waals surface area (Å²) >= 11 is 0. The van der Waals surface area contributed by atoms with Gasteiger partial charge in [-0.05, 0) is 47.2 Å². The summed E-state index contributed by atoms with van der Waals surface area (Å²) in [7, 11) is 0. The average molecular weight is 429 g/mol. The number of carbonyl (C=O) groups is 1. The fourth-order valence-electron chi connectivity index (χ4n) is 4.98. The van der Waals surface area contributed by atoms with E-state index in [2.05, 4.69) is 63.2 Å². The quantitative estimate of drug-likeness (QED) is 0.573. The molecule has 164 valence electrons. The largest absolute Gasteiger partial charge is 0.312 e. The van der Waals surface area contributed by atoms with Crippen LogP contribution < -0.4 is 5.32 Å². The molecule has 1 atom stereocenters. The fraction of sp³-hybridized carbons (Fsp3) is 0.400. The number of hydrogen-bond acceptors (Lipinski definition) is 5. The lowest BCUT2D eigenvalue weighted by molar-refractivity contribution is -0.123. The molecule has 1 amide bonds. The molecule has 2 heterocycles. The van der Waals surface area contributed by atoms with Gasteiger partial charge < -0.3 is 5.32 Å². The molecular formula is C25H28N6O. The van der Waals surface area contributed by atoms with Crippen LogP contribution in [0.15, 0.2) is 53.5 Å². The van der Waals surface area contributed by atoms with Crippen molar-refractivity contribution in [2.45, 2.75) is 63.3 Å². The summed E-state index contributed by atoms with van der Waals surface area (Å²) in [5, 5.41) is 18.0. The molecule has 3 aromatic rings. The van der Waals surface area contributed by atoms with Crippen molar-refractivity contribution >= 4 is 11.7 Å². The molecule has 1 spiro atoms. The van der Waals surface area contributed by atoms with Crippen molar-refractivity contribution in [2.75, 3.05) is 0 Å². The van der Waals surface area contributed by atoms with Gasteiger partial charge in [-0.3, -0.25) is 9.79 Å². The second kappa shape index (κ2) is 8.65. The van der Waals surface area contributed by atoms with E-state index in [4.69, 9.17) is 4.99 Å². The number of aliphatic imine (C=N–C) groups is 1. The molecule has 7 heteroatoms. The standard InChI is InChI=1S/C25H28N6O/c1-2-3-11-20(22-26-24(32)25(27-22)14-7-8-15-25)18-12-13-19(17-9-5-4-6-10-17)21(16-18)23-28-30-31-29-23/h4-6,9-10,12-13,16,20H,2-3,7-8,11,14-15H2,1H3,(H,26,27,32)(H,28,29,30,31). The molecule has 32 heavy (non-hydrogen) atoms. The van der Waals surface area contributed by atoms with Gasteiger partial charge in [-0.1, -0.05) is 75.1 Å². The normalized spacial score (nSPS) is 18.0. The first-order chi connectivity index (χ1) is 15.7. The van der Waals surface area contributed by atoms with E-state index in [9.17, 15) is 4.79 Å². The van der Waals surface area contributed by atoms with Gasteiger partial charge in [0.25, 0.3) is 5.91 Å². The molecule has 5 rings (SSSR count). The topological polar surface area (TPSA) is 95.9 Å². The van der Waals surface area contributed by atoms with Gasteiger partial charge in [-0.15, -0.1) is 10.2 Å². The minimum Gasteiger partial charge on any atom is -0.312 e. The average Bonchev–Trinajstić information content (AvgIpc) is 3.58. The molecule has 1 saturated carbocycles.